The fourth-order valence-corrected chi connectivity index (χ4v) is 3.23. The van der Waals surface area contributed by atoms with E-state index in [1.54, 1.807) is 18.4 Å². The van der Waals surface area contributed by atoms with Crippen LogP contribution in [0.15, 0.2) is 29.2 Å². The molecule has 0 aliphatic heterocycles. The number of nitrogen functional groups attached to an aromatic ring is 1. The molecule has 1 aromatic carbocycles. The molecule has 13 heavy (non-hydrogen) atoms. The van der Waals surface area contributed by atoms with E-state index in [2.05, 4.69) is 0 Å². The molecule has 0 aliphatic rings. The summed E-state index contributed by atoms with van der Waals surface area (Å²) >= 11 is 1.29. The van der Waals surface area contributed by atoms with Crippen LogP contribution in [0.25, 0.3) is 0 Å². The molecule has 0 fully saturated rings. The standard InChI is InChI=1S/C8H11NO2S2/c1-12-6-13(10,11)8-4-2-7(9)3-5-8/h2-5H,6,9H2,1H3. The predicted molar refractivity (Wildman–Crippen MR) is 56.4 cm³/mol. The van der Waals surface area contributed by atoms with E-state index in [4.69, 9.17) is 5.73 Å². The van der Waals surface area contributed by atoms with Crippen molar-refractivity contribution in [1.29, 1.82) is 0 Å². The second-order valence-electron chi connectivity index (χ2n) is 2.59. The van der Waals surface area contributed by atoms with Crippen LogP contribution in [-0.4, -0.2) is 19.8 Å². The Balaban J connectivity index is 3.02. The summed E-state index contributed by atoms with van der Waals surface area (Å²) in [4.78, 5) is 0.330. The zero-order chi connectivity index (χ0) is 9.90. The molecule has 0 heterocycles. The first-order valence-electron chi connectivity index (χ1n) is 3.63. The molecule has 0 unspecified atom stereocenters. The molecule has 0 saturated carbocycles. The van der Waals surface area contributed by atoms with Gasteiger partial charge in [0.25, 0.3) is 0 Å². The summed E-state index contributed by atoms with van der Waals surface area (Å²) in [6.07, 6.45) is 1.76. The first-order chi connectivity index (χ1) is 6.06. The molecule has 0 saturated heterocycles. The van der Waals surface area contributed by atoms with Gasteiger partial charge in [-0.15, -0.1) is 11.8 Å². The van der Waals surface area contributed by atoms with Crippen molar-refractivity contribution in [3.63, 3.8) is 0 Å². The van der Waals surface area contributed by atoms with Crippen LogP contribution in [-0.2, 0) is 9.84 Å². The maximum atomic E-state index is 11.5. The SMILES string of the molecule is CSCS(=O)(=O)c1ccc(N)cc1. The molecule has 2 N–H and O–H groups in total. The van der Waals surface area contributed by atoms with Crippen LogP contribution in [0.3, 0.4) is 0 Å². The lowest BCUT2D eigenvalue weighted by Gasteiger charge is -2.01. The summed E-state index contributed by atoms with van der Waals surface area (Å²) in [6.45, 7) is 0. The average Bonchev–Trinajstić information content (AvgIpc) is 2.05. The van der Waals surface area contributed by atoms with Crippen LogP contribution < -0.4 is 5.73 Å². The van der Waals surface area contributed by atoms with Gasteiger partial charge in [0.15, 0.2) is 9.84 Å². The van der Waals surface area contributed by atoms with Crippen molar-refractivity contribution >= 4 is 27.3 Å². The lowest BCUT2D eigenvalue weighted by atomic mass is 10.3. The average molecular weight is 217 g/mol. The minimum absolute atomic E-state index is 0.108. The Morgan fingerprint density at radius 3 is 2.31 bits per heavy atom. The van der Waals surface area contributed by atoms with Gasteiger partial charge >= 0.3 is 0 Å². The largest absolute Gasteiger partial charge is 0.399 e. The molecule has 0 aromatic heterocycles. The summed E-state index contributed by atoms with van der Waals surface area (Å²) in [5.41, 5.74) is 6.02. The highest BCUT2D eigenvalue weighted by Crippen LogP contribution is 2.16. The summed E-state index contributed by atoms with van der Waals surface area (Å²) < 4.78 is 23.0. The molecule has 3 nitrogen and oxygen atoms in total. The lowest BCUT2D eigenvalue weighted by Crippen LogP contribution is -2.03. The van der Waals surface area contributed by atoms with Crippen LogP contribution in [0.2, 0.25) is 0 Å². The van der Waals surface area contributed by atoms with Gasteiger partial charge in [0.1, 0.15) is 5.08 Å². The van der Waals surface area contributed by atoms with Crippen LogP contribution in [0.4, 0.5) is 5.69 Å². The van der Waals surface area contributed by atoms with E-state index in [1.165, 1.54) is 23.9 Å². The number of thioether (sulfide) groups is 1. The Bertz CT molecular complexity index is 370. The smallest absolute Gasteiger partial charge is 0.187 e. The van der Waals surface area contributed by atoms with Gasteiger partial charge in [0.2, 0.25) is 0 Å². The maximum absolute atomic E-state index is 11.5. The van der Waals surface area contributed by atoms with Gasteiger partial charge in [0, 0.05) is 5.69 Å². The topological polar surface area (TPSA) is 60.2 Å². The van der Waals surface area contributed by atoms with Crippen LogP contribution in [0.5, 0.6) is 0 Å². The van der Waals surface area contributed by atoms with E-state index in [1.807, 2.05) is 0 Å². The molecule has 1 aromatic rings. The highest BCUT2D eigenvalue weighted by molar-refractivity contribution is 8.12. The molecule has 0 aliphatic carbocycles. The third-order valence-electron chi connectivity index (χ3n) is 1.51. The molecule has 0 spiro atoms. The van der Waals surface area contributed by atoms with Crippen molar-refractivity contribution in [2.45, 2.75) is 4.90 Å². The van der Waals surface area contributed by atoms with Gasteiger partial charge in [-0.1, -0.05) is 0 Å². The quantitative estimate of drug-likeness (QED) is 0.777. The number of nitrogens with two attached hydrogens (primary N) is 1. The van der Waals surface area contributed by atoms with Crippen molar-refractivity contribution < 1.29 is 8.42 Å². The molecular weight excluding hydrogens is 206 g/mol. The third kappa shape index (κ3) is 2.63. The molecule has 0 radical (unpaired) electrons. The Labute approximate surface area is 82.2 Å². The minimum Gasteiger partial charge on any atom is -0.399 e. The Hall–Kier alpha value is -0.680. The highest BCUT2D eigenvalue weighted by atomic mass is 32.3. The molecule has 5 heteroatoms. The highest BCUT2D eigenvalue weighted by Gasteiger charge is 2.12. The third-order valence-corrected chi connectivity index (χ3v) is 4.69. The van der Waals surface area contributed by atoms with Gasteiger partial charge in [-0.05, 0) is 30.5 Å². The van der Waals surface area contributed by atoms with Gasteiger partial charge in [-0.25, -0.2) is 8.42 Å². The molecule has 72 valence electrons. The second kappa shape index (κ2) is 4.02. The summed E-state index contributed by atoms with van der Waals surface area (Å²) in [7, 11) is -3.12. The molecule has 0 amide bonds. The van der Waals surface area contributed by atoms with Gasteiger partial charge < -0.3 is 5.73 Å². The minimum atomic E-state index is -3.12. The normalized spacial score (nSPS) is 11.5. The van der Waals surface area contributed by atoms with Crippen molar-refractivity contribution in [2.24, 2.45) is 0 Å². The number of hydrogen-bond acceptors (Lipinski definition) is 4. The molecule has 0 bridgehead atoms. The zero-order valence-electron chi connectivity index (χ0n) is 7.23. The fraction of sp³-hybridized carbons (Fsp3) is 0.250. The van der Waals surface area contributed by atoms with E-state index < -0.39 is 9.84 Å². The van der Waals surface area contributed by atoms with E-state index >= 15 is 0 Å². The van der Waals surface area contributed by atoms with E-state index in [9.17, 15) is 8.42 Å². The summed E-state index contributed by atoms with van der Waals surface area (Å²) in [5.74, 6) is 0. The number of rotatable bonds is 3. The zero-order valence-corrected chi connectivity index (χ0v) is 8.86. The van der Waals surface area contributed by atoms with Crippen molar-refractivity contribution in [3.05, 3.63) is 24.3 Å². The number of hydrogen-bond donors (Lipinski definition) is 1. The lowest BCUT2D eigenvalue weighted by molar-refractivity contribution is 0.601. The monoisotopic (exact) mass is 217 g/mol. The predicted octanol–water partition coefficient (Wildman–Crippen LogP) is 1.36. The van der Waals surface area contributed by atoms with E-state index in [0.29, 0.717) is 10.6 Å². The molecular formula is C8H11NO2S2. The van der Waals surface area contributed by atoms with Crippen molar-refractivity contribution in [3.8, 4) is 0 Å². The van der Waals surface area contributed by atoms with E-state index in [-0.39, 0.29) is 5.08 Å². The first-order valence-corrected chi connectivity index (χ1v) is 6.68. The van der Waals surface area contributed by atoms with Crippen LogP contribution in [0.1, 0.15) is 0 Å². The molecule has 1 rings (SSSR count). The van der Waals surface area contributed by atoms with Gasteiger partial charge in [-0.3, -0.25) is 0 Å². The van der Waals surface area contributed by atoms with Gasteiger partial charge in [0.05, 0.1) is 4.90 Å². The maximum Gasteiger partial charge on any atom is 0.187 e. The number of benzene rings is 1. The van der Waals surface area contributed by atoms with Crippen molar-refractivity contribution in [1.82, 2.24) is 0 Å². The first kappa shape index (κ1) is 10.4. The van der Waals surface area contributed by atoms with Crippen molar-refractivity contribution in [2.75, 3.05) is 17.1 Å². The fourth-order valence-electron chi connectivity index (χ4n) is 0.898. The van der Waals surface area contributed by atoms with Crippen LogP contribution in [0, 0.1) is 0 Å². The van der Waals surface area contributed by atoms with E-state index in [0.717, 1.165) is 0 Å². The van der Waals surface area contributed by atoms with Crippen LogP contribution >= 0.6 is 11.8 Å². The summed E-state index contributed by atoms with van der Waals surface area (Å²) in [5, 5.41) is 0.108. The summed E-state index contributed by atoms with van der Waals surface area (Å²) in [6, 6.07) is 6.24. The Kier molecular flexibility index (Phi) is 3.22. The number of sulfone groups is 1. The number of anilines is 1. The Morgan fingerprint density at radius 1 is 1.31 bits per heavy atom. The second-order valence-corrected chi connectivity index (χ2v) is 5.81. The molecule has 0 atom stereocenters. The Morgan fingerprint density at radius 2 is 1.85 bits per heavy atom. The van der Waals surface area contributed by atoms with Gasteiger partial charge in [-0.2, -0.15) is 0 Å².